The van der Waals surface area contributed by atoms with Gasteiger partial charge >= 0.3 is 0 Å². The number of hydrogen-bond acceptors (Lipinski definition) is 3. The smallest absolute Gasteiger partial charge is 0.244 e. The zero-order valence-electron chi connectivity index (χ0n) is 10.9. The van der Waals surface area contributed by atoms with Gasteiger partial charge in [-0.25, -0.2) is 9.82 Å². The molecule has 0 radical (unpaired) electrons. The molecular formula is C15H12ClFN2O2. The van der Waals surface area contributed by atoms with Crippen LogP contribution in [0.25, 0.3) is 0 Å². The highest BCUT2D eigenvalue weighted by Gasteiger charge is 2.03. The first-order valence-corrected chi connectivity index (χ1v) is 6.47. The molecule has 2 rings (SSSR count). The standard InChI is InChI=1S/C15H12ClFN2O2/c16-14-8-12(17)5-4-11(14)9-18-19-15(21)7-10-2-1-3-13(20)6-10/h1-6,8-9,20H,7H2,(H,19,21)/b18-9+. The molecule has 0 bridgehead atoms. The number of benzene rings is 2. The van der Waals surface area contributed by atoms with Crippen LogP contribution >= 0.6 is 11.6 Å². The first-order valence-electron chi connectivity index (χ1n) is 6.09. The fourth-order valence-electron chi connectivity index (χ4n) is 1.67. The summed E-state index contributed by atoms with van der Waals surface area (Å²) in [6.07, 6.45) is 1.42. The van der Waals surface area contributed by atoms with Crippen LogP contribution in [-0.2, 0) is 11.2 Å². The predicted octanol–water partition coefficient (Wildman–Crippen LogP) is 2.88. The Labute approximate surface area is 125 Å². The second-order valence-electron chi connectivity index (χ2n) is 4.31. The Morgan fingerprint density at radius 3 is 2.86 bits per heavy atom. The number of rotatable bonds is 4. The summed E-state index contributed by atoms with van der Waals surface area (Å²) in [6, 6.07) is 10.3. The minimum atomic E-state index is -0.440. The van der Waals surface area contributed by atoms with Gasteiger partial charge in [-0.1, -0.05) is 23.7 Å². The summed E-state index contributed by atoms with van der Waals surface area (Å²) in [7, 11) is 0. The number of phenols is 1. The first kappa shape index (κ1) is 15.0. The molecule has 4 nitrogen and oxygen atoms in total. The molecule has 0 fully saturated rings. The van der Waals surface area contributed by atoms with Crippen molar-refractivity contribution < 1.29 is 14.3 Å². The van der Waals surface area contributed by atoms with Gasteiger partial charge in [0.25, 0.3) is 0 Å². The lowest BCUT2D eigenvalue weighted by molar-refractivity contribution is -0.120. The van der Waals surface area contributed by atoms with Gasteiger partial charge < -0.3 is 5.11 Å². The molecule has 0 saturated carbocycles. The summed E-state index contributed by atoms with van der Waals surface area (Å²) in [5.74, 6) is -0.679. The molecule has 0 aliphatic heterocycles. The Kier molecular flexibility index (Phi) is 4.90. The average molecular weight is 307 g/mol. The van der Waals surface area contributed by atoms with E-state index >= 15 is 0 Å². The Hall–Kier alpha value is -2.40. The topological polar surface area (TPSA) is 61.7 Å². The number of phenolic OH excluding ortho intramolecular Hbond substituents is 1. The third-order valence-electron chi connectivity index (χ3n) is 2.63. The second kappa shape index (κ2) is 6.85. The number of hydrazone groups is 1. The first-order chi connectivity index (χ1) is 10.0. The molecule has 0 heterocycles. The number of carbonyl (C=O) groups excluding carboxylic acids is 1. The molecule has 0 atom stereocenters. The highest BCUT2D eigenvalue weighted by molar-refractivity contribution is 6.33. The largest absolute Gasteiger partial charge is 0.508 e. The fourth-order valence-corrected chi connectivity index (χ4v) is 1.89. The van der Waals surface area contributed by atoms with Crippen LogP contribution in [0.4, 0.5) is 4.39 Å². The van der Waals surface area contributed by atoms with E-state index in [0.717, 1.165) is 6.07 Å². The number of halogens is 2. The number of nitrogens with zero attached hydrogens (tertiary/aromatic N) is 1. The lowest BCUT2D eigenvalue weighted by Crippen LogP contribution is -2.19. The summed E-state index contributed by atoms with van der Waals surface area (Å²) in [6.45, 7) is 0. The van der Waals surface area contributed by atoms with E-state index in [-0.39, 0.29) is 23.1 Å². The number of amides is 1. The molecule has 0 saturated heterocycles. The van der Waals surface area contributed by atoms with Gasteiger partial charge in [-0.2, -0.15) is 5.10 Å². The zero-order valence-corrected chi connectivity index (χ0v) is 11.6. The van der Waals surface area contributed by atoms with Crippen LogP contribution in [0.1, 0.15) is 11.1 Å². The average Bonchev–Trinajstić information content (AvgIpc) is 2.41. The van der Waals surface area contributed by atoms with Crippen molar-refractivity contribution in [2.75, 3.05) is 0 Å². The number of nitrogens with one attached hydrogen (secondary N) is 1. The molecule has 1 amide bonds. The van der Waals surface area contributed by atoms with Crippen LogP contribution in [0.3, 0.4) is 0 Å². The van der Waals surface area contributed by atoms with E-state index in [1.807, 2.05) is 0 Å². The molecule has 0 aliphatic rings. The Balaban J connectivity index is 1.93. The molecule has 21 heavy (non-hydrogen) atoms. The molecule has 2 aromatic rings. The summed E-state index contributed by atoms with van der Waals surface area (Å²) < 4.78 is 12.9. The number of carbonyl (C=O) groups is 1. The SMILES string of the molecule is O=C(Cc1cccc(O)c1)N/N=C/c1ccc(F)cc1Cl. The maximum absolute atomic E-state index is 12.9. The quantitative estimate of drug-likeness (QED) is 0.674. The van der Waals surface area contributed by atoms with Crippen LogP contribution in [0.15, 0.2) is 47.6 Å². The van der Waals surface area contributed by atoms with Gasteiger partial charge in [0.05, 0.1) is 17.7 Å². The van der Waals surface area contributed by atoms with Gasteiger partial charge in [-0.3, -0.25) is 4.79 Å². The van der Waals surface area contributed by atoms with Gasteiger partial charge in [0.15, 0.2) is 0 Å². The zero-order chi connectivity index (χ0) is 15.2. The van der Waals surface area contributed by atoms with Crippen molar-refractivity contribution in [3.8, 4) is 5.75 Å². The summed E-state index contributed by atoms with van der Waals surface area (Å²) in [5.41, 5.74) is 3.50. The molecular weight excluding hydrogens is 295 g/mol. The molecule has 0 unspecified atom stereocenters. The molecule has 108 valence electrons. The van der Waals surface area contributed by atoms with Crippen LogP contribution in [0.5, 0.6) is 5.75 Å². The van der Waals surface area contributed by atoms with Gasteiger partial charge in [-0.15, -0.1) is 0 Å². The molecule has 0 spiro atoms. The van der Waals surface area contributed by atoms with E-state index in [9.17, 15) is 14.3 Å². The lowest BCUT2D eigenvalue weighted by Gasteiger charge is -2.01. The molecule has 0 aromatic heterocycles. The number of aromatic hydroxyl groups is 1. The van der Waals surface area contributed by atoms with E-state index in [4.69, 9.17) is 11.6 Å². The van der Waals surface area contributed by atoms with Gasteiger partial charge in [-0.05, 0) is 35.9 Å². The van der Waals surface area contributed by atoms with Crippen LogP contribution in [0, 0.1) is 5.82 Å². The van der Waals surface area contributed by atoms with E-state index < -0.39 is 5.82 Å². The van der Waals surface area contributed by atoms with Crippen molar-refractivity contribution in [2.45, 2.75) is 6.42 Å². The third-order valence-corrected chi connectivity index (χ3v) is 2.96. The van der Waals surface area contributed by atoms with Crippen LogP contribution in [-0.4, -0.2) is 17.2 Å². The molecule has 0 aliphatic carbocycles. The highest BCUT2D eigenvalue weighted by atomic mass is 35.5. The summed E-state index contributed by atoms with van der Waals surface area (Å²) >= 11 is 5.82. The predicted molar refractivity (Wildman–Crippen MR) is 79.0 cm³/mol. The maximum Gasteiger partial charge on any atom is 0.244 e. The Morgan fingerprint density at radius 2 is 2.14 bits per heavy atom. The van der Waals surface area contributed by atoms with Crippen LogP contribution < -0.4 is 5.43 Å². The van der Waals surface area contributed by atoms with Crippen molar-refractivity contribution in [2.24, 2.45) is 5.10 Å². The van der Waals surface area contributed by atoms with Crippen molar-refractivity contribution in [1.29, 1.82) is 0 Å². The summed E-state index contributed by atoms with van der Waals surface area (Å²) in [4.78, 5) is 11.7. The molecule has 2 aromatic carbocycles. The highest BCUT2D eigenvalue weighted by Crippen LogP contribution is 2.15. The van der Waals surface area contributed by atoms with E-state index in [1.165, 1.54) is 30.5 Å². The van der Waals surface area contributed by atoms with E-state index in [1.54, 1.807) is 12.1 Å². The molecule has 6 heteroatoms. The second-order valence-corrected chi connectivity index (χ2v) is 4.71. The van der Waals surface area contributed by atoms with Crippen molar-refractivity contribution >= 4 is 23.7 Å². The van der Waals surface area contributed by atoms with Crippen LogP contribution in [0.2, 0.25) is 5.02 Å². The third kappa shape index (κ3) is 4.57. The fraction of sp³-hybridized carbons (Fsp3) is 0.0667. The minimum absolute atomic E-state index is 0.0862. The van der Waals surface area contributed by atoms with Crippen molar-refractivity contribution in [3.63, 3.8) is 0 Å². The summed E-state index contributed by atoms with van der Waals surface area (Å²) in [5, 5.41) is 13.3. The van der Waals surface area contributed by atoms with Gasteiger partial charge in [0, 0.05) is 5.56 Å². The molecule has 2 N–H and O–H groups in total. The van der Waals surface area contributed by atoms with E-state index in [0.29, 0.717) is 11.1 Å². The minimum Gasteiger partial charge on any atom is -0.508 e. The van der Waals surface area contributed by atoms with E-state index in [2.05, 4.69) is 10.5 Å². The Morgan fingerprint density at radius 1 is 1.33 bits per heavy atom. The van der Waals surface area contributed by atoms with Gasteiger partial charge in [0.1, 0.15) is 11.6 Å². The van der Waals surface area contributed by atoms with Crippen molar-refractivity contribution in [1.82, 2.24) is 5.43 Å². The van der Waals surface area contributed by atoms with Crippen molar-refractivity contribution in [3.05, 3.63) is 64.4 Å². The normalized spacial score (nSPS) is 10.8. The lowest BCUT2D eigenvalue weighted by atomic mass is 10.1. The maximum atomic E-state index is 12.9. The Bertz CT molecular complexity index is 689. The monoisotopic (exact) mass is 306 g/mol. The van der Waals surface area contributed by atoms with Gasteiger partial charge in [0.2, 0.25) is 5.91 Å². The number of hydrogen-bond donors (Lipinski definition) is 2.